The zero-order chi connectivity index (χ0) is 21.6. The van der Waals surface area contributed by atoms with Crippen molar-refractivity contribution in [2.45, 2.75) is 0 Å². The lowest BCUT2D eigenvalue weighted by molar-refractivity contribution is -0.119. The molecule has 0 saturated heterocycles. The lowest BCUT2D eigenvalue weighted by Crippen LogP contribution is -2.39. The van der Waals surface area contributed by atoms with Crippen LogP contribution >= 0.6 is 23.2 Å². The Kier molecular flexibility index (Phi) is 7.72. The van der Waals surface area contributed by atoms with Gasteiger partial charge in [-0.15, -0.1) is 0 Å². The van der Waals surface area contributed by atoms with E-state index in [1.165, 1.54) is 38.6 Å². The number of sulfonamides is 1. The Labute approximate surface area is 179 Å². The van der Waals surface area contributed by atoms with E-state index in [1.807, 2.05) is 0 Å². The molecule has 0 aliphatic carbocycles. The molecule has 156 valence electrons. The first-order valence-corrected chi connectivity index (χ1v) is 10.7. The first-order valence-electron chi connectivity index (χ1n) is 8.13. The van der Waals surface area contributed by atoms with Crippen molar-refractivity contribution in [1.82, 2.24) is 5.43 Å². The normalized spacial score (nSPS) is 11.3. The molecule has 0 bridgehead atoms. The summed E-state index contributed by atoms with van der Waals surface area (Å²) < 4.78 is 35.5. The fourth-order valence-electron chi connectivity index (χ4n) is 2.33. The number of anilines is 1. The molecule has 1 N–H and O–H groups in total. The van der Waals surface area contributed by atoms with Crippen LogP contribution in [0.25, 0.3) is 0 Å². The summed E-state index contributed by atoms with van der Waals surface area (Å²) in [6.45, 7) is -0.532. The van der Waals surface area contributed by atoms with Crippen molar-refractivity contribution >= 4 is 51.0 Å². The highest BCUT2D eigenvalue weighted by Crippen LogP contribution is 2.33. The Hall–Kier alpha value is -2.49. The van der Waals surface area contributed by atoms with E-state index in [-0.39, 0.29) is 15.7 Å². The van der Waals surface area contributed by atoms with Crippen molar-refractivity contribution < 1.29 is 22.7 Å². The number of hydrogen-bond donors (Lipinski definition) is 1. The van der Waals surface area contributed by atoms with E-state index >= 15 is 0 Å². The molecule has 29 heavy (non-hydrogen) atoms. The van der Waals surface area contributed by atoms with E-state index in [9.17, 15) is 13.2 Å². The van der Waals surface area contributed by atoms with Gasteiger partial charge in [0, 0.05) is 11.6 Å². The van der Waals surface area contributed by atoms with Gasteiger partial charge in [0.2, 0.25) is 10.0 Å². The van der Waals surface area contributed by atoms with Crippen molar-refractivity contribution in [1.29, 1.82) is 0 Å². The van der Waals surface area contributed by atoms with Gasteiger partial charge in [-0.3, -0.25) is 9.10 Å². The number of halogens is 2. The predicted octanol–water partition coefficient (Wildman–Crippen LogP) is 2.93. The van der Waals surface area contributed by atoms with Crippen LogP contribution in [0.4, 0.5) is 5.69 Å². The second kappa shape index (κ2) is 9.82. The van der Waals surface area contributed by atoms with Crippen LogP contribution in [0.3, 0.4) is 0 Å². The quantitative estimate of drug-likeness (QED) is 0.483. The summed E-state index contributed by atoms with van der Waals surface area (Å²) in [6, 6.07) is 9.57. The van der Waals surface area contributed by atoms with Gasteiger partial charge in [-0.25, -0.2) is 13.8 Å². The second-order valence-corrected chi connectivity index (χ2v) is 8.44. The molecule has 8 nitrogen and oxygen atoms in total. The highest BCUT2D eigenvalue weighted by molar-refractivity contribution is 7.92. The minimum Gasteiger partial charge on any atom is -0.497 e. The number of amides is 1. The van der Waals surface area contributed by atoms with Crippen LogP contribution in [0.2, 0.25) is 10.0 Å². The number of rotatable bonds is 8. The van der Waals surface area contributed by atoms with Crippen LogP contribution in [-0.2, 0) is 14.8 Å². The average Bonchev–Trinajstić information content (AvgIpc) is 2.68. The predicted molar refractivity (Wildman–Crippen MR) is 114 cm³/mol. The summed E-state index contributed by atoms with van der Waals surface area (Å²) in [6.07, 6.45) is 2.33. The standard InChI is InChI=1S/C18H19Cl2N3O5S/c1-27-13-8-7-12(16(9-13)28-2)10-21-22-17(24)11-23(29(3,25)26)15-6-4-5-14(19)18(15)20/h4-10H,11H2,1-3H3,(H,22,24)/b21-10-. The molecule has 0 fully saturated rings. The maximum Gasteiger partial charge on any atom is 0.260 e. The summed E-state index contributed by atoms with van der Waals surface area (Å²) >= 11 is 12.0. The summed E-state index contributed by atoms with van der Waals surface area (Å²) in [5.41, 5.74) is 2.96. The first kappa shape index (κ1) is 22.8. The van der Waals surface area contributed by atoms with Gasteiger partial charge in [-0.2, -0.15) is 5.10 Å². The van der Waals surface area contributed by atoms with Crippen LogP contribution < -0.4 is 19.2 Å². The van der Waals surface area contributed by atoms with E-state index < -0.39 is 22.5 Å². The topological polar surface area (TPSA) is 97.3 Å². The van der Waals surface area contributed by atoms with Gasteiger partial charge in [-0.1, -0.05) is 29.3 Å². The van der Waals surface area contributed by atoms with Crippen LogP contribution in [0.5, 0.6) is 11.5 Å². The fourth-order valence-corrected chi connectivity index (χ4v) is 3.64. The van der Waals surface area contributed by atoms with Crippen molar-refractivity contribution in [2.24, 2.45) is 5.10 Å². The lowest BCUT2D eigenvalue weighted by atomic mass is 10.2. The highest BCUT2D eigenvalue weighted by Gasteiger charge is 2.23. The van der Waals surface area contributed by atoms with Gasteiger partial charge in [0.05, 0.1) is 42.4 Å². The summed E-state index contributed by atoms with van der Waals surface area (Å²) in [4.78, 5) is 12.3. The van der Waals surface area contributed by atoms with Crippen molar-refractivity contribution in [3.8, 4) is 11.5 Å². The molecule has 2 aromatic carbocycles. The molecule has 0 spiro atoms. The van der Waals surface area contributed by atoms with E-state index in [0.717, 1.165) is 10.6 Å². The fraction of sp³-hybridized carbons (Fsp3) is 0.222. The van der Waals surface area contributed by atoms with E-state index in [1.54, 1.807) is 18.2 Å². The number of benzene rings is 2. The molecule has 11 heteroatoms. The van der Waals surface area contributed by atoms with Crippen molar-refractivity contribution in [3.05, 3.63) is 52.0 Å². The van der Waals surface area contributed by atoms with E-state index in [0.29, 0.717) is 17.1 Å². The molecule has 0 unspecified atom stereocenters. The monoisotopic (exact) mass is 459 g/mol. The third kappa shape index (κ3) is 5.99. The Morgan fingerprint density at radius 1 is 1.21 bits per heavy atom. The third-order valence-corrected chi connectivity index (χ3v) is 5.66. The number of methoxy groups -OCH3 is 2. The smallest absolute Gasteiger partial charge is 0.260 e. The molecule has 2 rings (SSSR count). The third-order valence-electron chi connectivity index (χ3n) is 3.72. The largest absolute Gasteiger partial charge is 0.497 e. The van der Waals surface area contributed by atoms with Crippen molar-refractivity contribution in [2.75, 3.05) is 31.3 Å². The van der Waals surface area contributed by atoms with Crippen molar-refractivity contribution in [3.63, 3.8) is 0 Å². The molecule has 0 aliphatic rings. The van der Waals surface area contributed by atoms with Gasteiger partial charge in [-0.05, 0) is 24.3 Å². The molecule has 2 aromatic rings. The van der Waals surface area contributed by atoms with Crippen LogP contribution in [0, 0.1) is 0 Å². The molecule has 0 heterocycles. The summed E-state index contributed by atoms with van der Waals surface area (Å²) in [5.74, 6) is 0.422. The summed E-state index contributed by atoms with van der Waals surface area (Å²) in [5, 5.41) is 4.04. The molecular weight excluding hydrogens is 441 g/mol. The van der Waals surface area contributed by atoms with Gasteiger partial charge < -0.3 is 9.47 Å². The second-order valence-electron chi connectivity index (χ2n) is 5.74. The number of ether oxygens (including phenoxy) is 2. The molecular formula is C18H19Cl2N3O5S. The number of carbonyl (C=O) groups excluding carboxylic acids is 1. The first-order chi connectivity index (χ1) is 13.7. The molecule has 0 saturated carbocycles. The van der Waals surface area contributed by atoms with Crippen LogP contribution in [0.15, 0.2) is 41.5 Å². The maximum absolute atomic E-state index is 12.3. The number of carbonyl (C=O) groups is 1. The Morgan fingerprint density at radius 2 is 1.93 bits per heavy atom. The molecule has 0 aromatic heterocycles. The Morgan fingerprint density at radius 3 is 2.55 bits per heavy atom. The van der Waals surface area contributed by atoms with Crippen LogP contribution in [-0.4, -0.2) is 47.6 Å². The highest BCUT2D eigenvalue weighted by atomic mass is 35.5. The minimum absolute atomic E-state index is 0.0267. The van der Waals surface area contributed by atoms with Gasteiger partial charge in [0.25, 0.3) is 5.91 Å². The average molecular weight is 460 g/mol. The zero-order valence-corrected chi connectivity index (χ0v) is 18.2. The molecule has 0 aliphatic heterocycles. The van der Waals surface area contributed by atoms with Gasteiger partial charge in [0.1, 0.15) is 18.0 Å². The maximum atomic E-state index is 12.3. The van der Waals surface area contributed by atoms with E-state index in [4.69, 9.17) is 32.7 Å². The molecule has 0 atom stereocenters. The van der Waals surface area contributed by atoms with Gasteiger partial charge >= 0.3 is 0 Å². The Bertz CT molecular complexity index is 1030. The SMILES string of the molecule is COc1ccc(/C=N\NC(=O)CN(c2cccc(Cl)c2Cl)S(C)(=O)=O)c(OC)c1. The van der Waals surface area contributed by atoms with E-state index in [2.05, 4.69) is 10.5 Å². The Balaban J connectivity index is 2.16. The number of hydrazone groups is 1. The lowest BCUT2D eigenvalue weighted by Gasteiger charge is -2.22. The van der Waals surface area contributed by atoms with Gasteiger partial charge in [0.15, 0.2) is 0 Å². The summed E-state index contributed by atoms with van der Waals surface area (Å²) in [7, 11) is -0.784. The molecule has 1 amide bonds. The van der Waals surface area contributed by atoms with Crippen LogP contribution in [0.1, 0.15) is 5.56 Å². The molecule has 0 radical (unpaired) electrons. The number of hydrogen-bond acceptors (Lipinski definition) is 6. The number of nitrogens with one attached hydrogen (secondary N) is 1. The zero-order valence-electron chi connectivity index (χ0n) is 15.8. The number of nitrogens with zero attached hydrogens (tertiary/aromatic N) is 2. The minimum atomic E-state index is -3.80.